The van der Waals surface area contributed by atoms with Crippen LogP contribution in [0.1, 0.15) is 21.6 Å². The van der Waals surface area contributed by atoms with Crippen LogP contribution >= 0.6 is 11.3 Å². The smallest absolute Gasteiger partial charge is 0.0363 e. The van der Waals surface area contributed by atoms with Crippen LogP contribution in [0.2, 0.25) is 0 Å². The second-order valence-corrected chi connectivity index (χ2v) is 5.66. The molecule has 1 aliphatic rings. The third kappa shape index (κ3) is 1.96. The zero-order chi connectivity index (χ0) is 11.8. The maximum atomic E-state index is 6.01. The fourth-order valence-corrected chi connectivity index (χ4v) is 3.34. The molecule has 3 rings (SSSR count). The first-order valence-corrected chi connectivity index (χ1v) is 6.73. The molecule has 0 bridgehead atoms. The van der Waals surface area contributed by atoms with Gasteiger partial charge in [-0.3, -0.25) is 4.90 Å². The van der Waals surface area contributed by atoms with Crippen molar-refractivity contribution in [1.82, 2.24) is 4.90 Å². The predicted octanol–water partition coefficient (Wildman–Crippen LogP) is 3.15. The van der Waals surface area contributed by atoms with E-state index in [1.165, 1.54) is 21.6 Å². The summed E-state index contributed by atoms with van der Waals surface area (Å²) in [6, 6.07) is 8.43. The summed E-state index contributed by atoms with van der Waals surface area (Å²) in [5.41, 5.74) is 11.1. The van der Waals surface area contributed by atoms with Crippen molar-refractivity contribution in [3.63, 3.8) is 0 Å². The monoisotopic (exact) mass is 244 g/mol. The Bertz CT molecular complexity index is 543. The van der Waals surface area contributed by atoms with Crippen LogP contribution in [0.5, 0.6) is 0 Å². The van der Waals surface area contributed by atoms with E-state index in [1.54, 1.807) is 0 Å². The standard InChI is InChI=1S/C14H16N2S/c1-10-5-6-17-14(10)9-16-7-11-3-2-4-13(15)12(11)8-16/h2-6H,7-9,15H2,1H3. The van der Waals surface area contributed by atoms with E-state index >= 15 is 0 Å². The van der Waals surface area contributed by atoms with Crippen LogP contribution in [0, 0.1) is 6.92 Å². The summed E-state index contributed by atoms with van der Waals surface area (Å²) in [6.07, 6.45) is 0. The Labute approximate surface area is 106 Å². The Balaban J connectivity index is 1.79. The number of nitrogens with two attached hydrogens (primary N) is 1. The molecule has 0 radical (unpaired) electrons. The molecular formula is C14H16N2S. The minimum absolute atomic E-state index is 0.938. The van der Waals surface area contributed by atoms with Crippen molar-refractivity contribution in [1.29, 1.82) is 0 Å². The van der Waals surface area contributed by atoms with Crippen LogP contribution in [0.15, 0.2) is 29.6 Å². The number of benzene rings is 1. The van der Waals surface area contributed by atoms with E-state index in [9.17, 15) is 0 Å². The van der Waals surface area contributed by atoms with E-state index in [0.717, 1.165) is 25.3 Å². The molecule has 2 nitrogen and oxygen atoms in total. The van der Waals surface area contributed by atoms with Crippen molar-refractivity contribution in [2.45, 2.75) is 26.6 Å². The van der Waals surface area contributed by atoms with Crippen LogP contribution < -0.4 is 5.73 Å². The van der Waals surface area contributed by atoms with E-state index in [-0.39, 0.29) is 0 Å². The van der Waals surface area contributed by atoms with Gasteiger partial charge in [-0.15, -0.1) is 11.3 Å². The highest BCUT2D eigenvalue weighted by Gasteiger charge is 2.21. The summed E-state index contributed by atoms with van der Waals surface area (Å²) in [5.74, 6) is 0. The number of anilines is 1. The van der Waals surface area contributed by atoms with Gasteiger partial charge in [0.1, 0.15) is 0 Å². The Morgan fingerprint density at radius 1 is 1.29 bits per heavy atom. The van der Waals surface area contributed by atoms with E-state index in [2.05, 4.69) is 29.3 Å². The topological polar surface area (TPSA) is 29.3 Å². The number of hydrogen-bond acceptors (Lipinski definition) is 3. The zero-order valence-electron chi connectivity index (χ0n) is 9.94. The number of fused-ring (bicyclic) bond motifs is 1. The third-order valence-electron chi connectivity index (χ3n) is 3.42. The van der Waals surface area contributed by atoms with Crippen LogP contribution in [-0.4, -0.2) is 4.90 Å². The number of aryl methyl sites for hydroxylation is 1. The van der Waals surface area contributed by atoms with Gasteiger partial charge in [0.15, 0.2) is 0 Å². The lowest BCUT2D eigenvalue weighted by atomic mass is 10.1. The lowest BCUT2D eigenvalue weighted by Gasteiger charge is -2.14. The number of thiophene rings is 1. The van der Waals surface area contributed by atoms with Gasteiger partial charge in [-0.2, -0.15) is 0 Å². The van der Waals surface area contributed by atoms with Gasteiger partial charge < -0.3 is 5.73 Å². The number of nitrogens with zero attached hydrogens (tertiary/aromatic N) is 1. The second-order valence-electron chi connectivity index (χ2n) is 4.66. The molecule has 3 heteroatoms. The number of rotatable bonds is 2. The van der Waals surface area contributed by atoms with Gasteiger partial charge in [-0.1, -0.05) is 12.1 Å². The molecule has 1 aliphatic heterocycles. The summed E-state index contributed by atoms with van der Waals surface area (Å²) in [7, 11) is 0. The highest BCUT2D eigenvalue weighted by molar-refractivity contribution is 7.10. The molecule has 0 unspecified atom stereocenters. The molecule has 17 heavy (non-hydrogen) atoms. The molecule has 0 saturated heterocycles. The van der Waals surface area contributed by atoms with Crippen LogP contribution in [0.25, 0.3) is 0 Å². The van der Waals surface area contributed by atoms with Crippen molar-refractivity contribution in [3.05, 3.63) is 51.2 Å². The SMILES string of the molecule is Cc1ccsc1CN1Cc2cccc(N)c2C1. The predicted molar refractivity (Wildman–Crippen MR) is 72.9 cm³/mol. The van der Waals surface area contributed by atoms with Gasteiger partial charge in [-0.25, -0.2) is 0 Å². The first-order valence-electron chi connectivity index (χ1n) is 5.85. The fraction of sp³-hybridized carbons (Fsp3) is 0.286. The van der Waals surface area contributed by atoms with E-state index in [4.69, 9.17) is 5.73 Å². The third-order valence-corrected chi connectivity index (χ3v) is 4.43. The fourth-order valence-electron chi connectivity index (χ4n) is 2.40. The first kappa shape index (κ1) is 10.8. The minimum Gasteiger partial charge on any atom is -0.398 e. The Kier molecular flexibility index (Phi) is 2.65. The van der Waals surface area contributed by atoms with Crippen LogP contribution in [-0.2, 0) is 19.6 Å². The molecule has 1 aromatic heterocycles. The molecule has 0 amide bonds. The summed E-state index contributed by atoms with van der Waals surface area (Å²) in [5, 5.41) is 2.17. The van der Waals surface area contributed by atoms with Gasteiger partial charge in [-0.05, 0) is 41.1 Å². The molecule has 0 aliphatic carbocycles. The maximum absolute atomic E-state index is 6.01. The normalized spacial score (nSPS) is 15.1. The van der Waals surface area contributed by atoms with Crippen molar-refractivity contribution >= 4 is 17.0 Å². The highest BCUT2D eigenvalue weighted by atomic mass is 32.1. The van der Waals surface area contributed by atoms with Gasteiger partial charge in [0.25, 0.3) is 0 Å². The molecule has 2 heterocycles. The van der Waals surface area contributed by atoms with Gasteiger partial charge in [0.2, 0.25) is 0 Å². The van der Waals surface area contributed by atoms with Gasteiger partial charge >= 0.3 is 0 Å². The van der Waals surface area contributed by atoms with Crippen LogP contribution in [0.3, 0.4) is 0 Å². The lowest BCUT2D eigenvalue weighted by molar-refractivity contribution is 0.278. The van der Waals surface area contributed by atoms with Gasteiger partial charge in [0.05, 0.1) is 0 Å². The quantitative estimate of drug-likeness (QED) is 0.822. The molecular weight excluding hydrogens is 228 g/mol. The van der Waals surface area contributed by atoms with Crippen molar-refractivity contribution in [3.8, 4) is 0 Å². The molecule has 1 aromatic carbocycles. The Hall–Kier alpha value is -1.32. The number of hydrogen-bond donors (Lipinski definition) is 1. The molecule has 2 N–H and O–H groups in total. The molecule has 0 saturated carbocycles. The maximum Gasteiger partial charge on any atom is 0.0363 e. The lowest BCUT2D eigenvalue weighted by Crippen LogP contribution is -2.15. The summed E-state index contributed by atoms with van der Waals surface area (Å²) in [6.45, 7) is 5.23. The number of nitrogen functional groups attached to an aromatic ring is 1. The average Bonchev–Trinajstić information content (AvgIpc) is 2.87. The highest BCUT2D eigenvalue weighted by Crippen LogP contribution is 2.29. The Morgan fingerprint density at radius 3 is 2.88 bits per heavy atom. The van der Waals surface area contributed by atoms with E-state index < -0.39 is 0 Å². The minimum atomic E-state index is 0.938. The van der Waals surface area contributed by atoms with E-state index in [0.29, 0.717) is 0 Å². The largest absolute Gasteiger partial charge is 0.398 e. The summed E-state index contributed by atoms with van der Waals surface area (Å²) >= 11 is 1.85. The van der Waals surface area contributed by atoms with Crippen LogP contribution in [0.4, 0.5) is 5.69 Å². The average molecular weight is 244 g/mol. The molecule has 88 valence electrons. The van der Waals surface area contributed by atoms with Crippen molar-refractivity contribution in [2.75, 3.05) is 5.73 Å². The molecule has 2 aromatic rings. The second kappa shape index (κ2) is 4.17. The van der Waals surface area contributed by atoms with Gasteiger partial charge in [0, 0.05) is 30.2 Å². The Morgan fingerprint density at radius 2 is 2.18 bits per heavy atom. The first-order chi connectivity index (χ1) is 8.24. The van der Waals surface area contributed by atoms with Crippen molar-refractivity contribution in [2.24, 2.45) is 0 Å². The van der Waals surface area contributed by atoms with Crippen molar-refractivity contribution < 1.29 is 0 Å². The molecule has 0 atom stereocenters. The zero-order valence-corrected chi connectivity index (χ0v) is 10.8. The summed E-state index contributed by atoms with van der Waals surface area (Å²) < 4.78 is 0. The van der Waals surface area contributed by atoms with E-state index in [1.807, 2.05) is 23.5 Å². The summed E-state index contributed by atoms with van der Waals surface area (Å²) in [4.78, 5) is 3.93. The molecule has 0 spiro atoms. The molecule has 0 fully saturated rings.